The van der Waals surface area contributed by atoms with E-state index in [1.165, 1.54) is 23.6 Å². The molecule has 0 aliphatic carbocycles. The number of thiophene rings is 1. The van der Waals surface area contributed by atoms with Gasteiger partial charge in [-0.1, -0.05) is 41.0 Å². The van der Waals surface area contributed by atoms with Gasteiger partial charge in [-0.05, 0) is 42.0 Å². The van der Waals surface area contributed by atoms with Crippen LogP contribution >= 0.6 is 22.9 Å². The summed E-state index contributed by atoms with van der Waals surface area (Å²) >= 11 is 7.07. The largest absolute Gasteiger partial charge is 0.418 e. The first-order chi connectivity index (χ1) is 17.3. The Kier molecular flexibility index (Phi) is 6.55. The van der Waals surface area contributed by atoms with Gasteiger partial charge in [-0.15, -0.1) is 11.3 Å². The Morgan fingerprint density at radius 3 is 2.64 bits per heavy atom. The first kappa shape index (κ1) is 24.1. The molecule has 1 unspecified atom stereocenters. The van der Waals surface area contributed by atoms with Crippen LogP contribution in [-0.2, 0) is 11.0 Å². The second-order valence-electron chi connectivity index (χ2n) is 8.04. The van der Waals surface area contributed by atoms with E-state index in [9.17, 15) is 18.0 Å². The number of carbonyl (C=O) groups is 1. The summed E-state index contributed by atoms with van der Waals surface area (Å²) in [6, 6.07) is 16.3. The maximum absolute atomic E-state index is 13.4. The van der Waals surface area contributed by atoms with E-state index in [0.717, 1.165) is 17.3 Å². The number of hydrogen-bond donors (Lipinski definition) is 2. The van der Waals surface area contributed by atoms with E-state index >= 15 is 0 Å². The quantitative estimate of drug-likeness (QED) is 0.293. The molecule has 0 radical (unpaired) electrons. The lowest BCUT2D eigenvalue weighted by atomic mass is 10.0. The monoisotopic (exact) mass is 530 g/mol. The van der Waals surface area contributed by atoms with Crippen molar-refractivity contribution >= 4 is 56.8 Å². The molecule has 2 N–H and O–H groups in total. The fraction of sp³-hybridized carbons (Fsp3) is 0.160. The van der Waals surface area contributed by atoms with Crippen LogP contribution in [0.3, 0.4) is 0 Å². The normalized spacial score (nSPS) is 15.4. The van der Waals surface area contributed by atoms with E-state index in [2.05, 4.69) is 20.8 Å². The molecule has 1 aliphatic rings. The summed E-state index contributed by atoms with van der Waals surface area (Å²) < 4.78 is 40.6. The summed E-state index contributed by atoms with van der Waals surface area (Å²) in [6.45, 7) is 0.302. The predicted molar refractivity (Wildman–Crippen MR) is 134 cm³/mol. The summed E-state index contributed by atoms with van der Waals surface area (Å²) in [5.41, 5.74) is 1.92. The van der Waals surface area contributed by atoms with Crippen LogP contribution in [0.2, 0.25) is 4.34 Å². The molecule has 0 saturated heterocycles. The molecule has 2 aromatic heterocycles. The van der Waals surface area contributed by atoms with Crippen molar-refractivity contribution in [3.63, 3.8) is 0 Å². The zero-order chi connectivity index (χ0) is 25.3. The van der Waals surface area contributed by atoms with Crippen LogP contribution in [0.5, 0.6) is 0 Å². The number of fused-ring (bicyclic) bond motifs is 1. The highest BCUT2D eigenvalue weighted by Gasteiger charge is 2.33. The standard InChI is InChI=1S/C25H18ClF3N4O2S/c26-22-9-8-21(36-22)24(34)31-13-16-12-20(33-35-16)14-4-6-15(7-5-14)32-19-10-11-30-23-17(19)2-1-3-18(23)25(27,28)29/h1-11,16H,12-13H2,(H,30,32)(H,31,34). The van der Waals surface area contributed by atoms with Crippen molar-refractivity contribution in [3.8, 4) is 0 Å². The number of rotatable bonds is 6. The lowest BCUT2D eigenvalue weighted by Gasteiger charge is -2.13. The fourth-order valence-corrected chi connectivity index (χ4v) is 4.81. The molecule has 11 heteroatoms. The SMILES string of the molecule is O=C(NCC1CC(c2ccc(Nc3ccnc4c(C(F)(F)F)cccc34)cc2)=NO1)c1ccc(Cl)s1. The molecule has 36 heavy (non-hydrogen) atoms. The molecule has 1 atom stereocenters. The van der Waals surface area contributed by atoms with Crippen LogP contribution in [0.15, 0.2) is 72.0 Å². The lowest BCUT2D eigenvalue weighted by Crippen LogP contribution is -2.31. The summed E-state index contributed by atoms with van der Waals surface area (Å²) in [5, 5.41) is 10.5. The van der Waals surface area contributed by atoms with Gasteiger partial charge in [0.1, 0.15) is 6.10 Å². The molecule has 1 amide bonds. The van der Waals surface area contributed by atoms with E-state index in [-0.39, 0.29) is 17.5 Å². The van der Waals surface area contributed by atoms with Crippen LogP contribution in [0, 0.1) is 0 Å². The van der Waals surface area contributed by atoms with Gasteiger partial charge in [-0.25, -0.2) is 0 Å². The first-order valence-corrected chi connectivity index (χ1v) is 12.1. The van der Waals surface area contributed by atoms with Crippen molar-refractivity contribution in [2.45, 2.75) is 18.7 Å². The van der Waals surface area contributed by atoms with Gasteiger partial charge in [-0.2, -0.15) is 13.2 Å². The summed E-state index contributed by atoms with van der Waals surface area (Å²) in [4.78, 5) is 22.1. The van der Waals surface area contributed by atoms with E-state index in [4.69, 9.17) is 16.4 Å². The molecule has 3 heterocycles. The van der Waals surface area contributed by atoms with Crippen LogP contribution < -0.4 is 10.6 Å². The summed E-state index contributed by atoms with van der Waals surface area (Å²) in [5.74, 6) is -0.217. The molecule has 1 aliphatic heterocycles. The first-order valence-electron chi connectivity index (χ1n) is 10.9. The Labute approximate surface area is 212 Å². The van der Waals surface area contributed by atoms with Gasteiger partial charge < -0.3 is 15.5 Å². The summed E-state index contributed by atoms with van der Waals surface area (Å²) in [7, 11) is 0. The second kappa shape index (κ2) is 9.79. The van der Waals surface area contributed by atoms with Crippen LogP contribution in [0.1, 0.15) is 27.2 Å². The van der Waals surface area contributed by atoms with Crippen molar-refractivity contribution in [1.29, 1.82) is 0 Å². The number of pyridine rings is 1. The molecule has 184 valence electrons. The highest BCUT2D eigenvalue weighted by Crippen LogP contribution is 2.36. The van der Waals surface area contributed by atoms with Crippen molar-refractivity contribution < 1.29 is 22.8 Å². The molecule has 6 nitrogen and oxygen atoms in total. The molecule has 5 rings (SSSR count). The molecular weight excluding hydrogens is 513 g/mol. The molecule has 0 saturated carbocycles. The minimum absolute atomic E-state index is 0.107. The zero-order valence-corrected chi connectivity index (χ0v) is 20.0. The third-order valence-corrected chi connectivity index (χ3v) is 6.82. The van der Waals surface area contributed by atoms with Gasteiger partial charge in [0.05, 0.1) is 32.6 Å². The Morgan fingerprint density at radius 2 is 1.92 bits per heavy atom. The lowest BCUT2D eigenvalue weighted by molar-refractivity contribution is -0.136. The number of hydrogen-bond acceptors (Lipinski definition) is 6. The number of benzene rings is 2. The number of oxime groups is 1. The van der Waals surface area contributed by atoms with Crippen molar-refractivity contribution in [3.05, 3.63) is 87.2 Å². The van der Waals surface area contributed by atoms with E-state index in [0.29, 0.717) is 38.9 Å². The molecule has 0 spiro atoms. The number of carbonyl (C=O) groups excluding carboxylic acids is 1. The van der Waals surface area contributed by atoms with Crippen molar-refractivity contribution in [1.82, 2.24) is 10.3 Å². The molecular formula is C25H18ClF3N4O2S. The van der Waals surface area contributed by atoms with Gasteiger partial charge in [0.2, 0.25) is 0 Å². The second-order valence-corrected chi connectivity index (χ2v) is 9.76. The number of para-hydroxylation sites is 1. The number of aromatic nitrogens is 1. The predicted octanol–water partition coefficient (Wildman–Crippen LogP) is 6.64. The summed E-state index contributed by atoms with van der Waals surface area (Å²) in [6.07, 6.45) is -2.91. The van der Waals surface area contributed by atoms with Gasteiger partial charge in [0.15, 0.2) is 0 Å². The average molecular weight is 531 g/mol. The molecule has 2 aromatic carbocycles. The molecule has 4 aromatic rings. The van der Waals surface area contributed by atoms with Crippen LogP contribution in [0.4, 0.5) is 24.5 Å². The Morgan fingerprint density at radius 1 is 1.11 bits per heavy atom. The number of amides is 1. The number of nitrogens with zero attached hydrogens (tertiary/aromatic N) is 2. The van der Waals surface area contributed by atoms with Gasteiger partial charge in [0.25, 0.3) is 5.91 Å². The van der Waals surface area contributed by atoms with Crippen molar-refractivity contribution in [2.24, 2.45) is 5.16 Å². The van der Waals surface area contributed by atoms with Crippen LogP contribution in [0.25, 0.3) is 10.9 Å². The third-order valence-electron chi connectivity index (χ3n) is 5.59. The van der Waals surface area contributed by atoms with Crippen molar-refractivity contribution in [2.75, 3.05) is 11.9 Å². The van der Waals surface area contributed by atoms with E-state index in [1.807, 2.05) is 24.3 Å². The molecule has 0 fully saturated rings. The number of halogens is 4. The topological polar surface area (TPSA) is 75.6 Å². The highest BCUT2D eigenvalue weighted by atomic mass is 35.5. The van der Waals surface area contributed by atoms with Crippen LogP contribution in [-0.4, -0.2) is 29.3 Å². The fourth-order valence-electron chi connectivity index (χ4n) is 3.85. The number of alkyl halides is 3. The smallest absolute Gasteiger partial charge is 0.390 e. The Hall–Kier alpha value is -3.63. The highest BCUT2D eigenvalue weighted by molar-refractivity contribution is 7.18. The average Bonchev–Trinajstić information content (AvgIpc) is 3.52. The molecule has 0 bridgehead atoms. The number of anilines is 2. The van der Waals surface area contributed by atoms with E-state index in [1.54, 1.807) is 24.3 Å². The Balaban J connectivity index is 1.23. The van der Waals surface area contributed by atoms with Gasteiger partial charge >= 0.3 is 6.18 Å². The Bertz CT molecular complexity index is 1450. The van der Waals surface area contributed by atoms with E-state index < -0.39 is 11.7 Å². The third kappa shape index (κ3) is 5.14. The van der Waals surface area contributed by atoms with Gasteiger partial charge in [-0.3, -0.25) is 9.78 Å². The maximum Gasteiger partial charge on any atom is 0.418 e. The number of nitrogens with one attached hydrogen (secondary N) is 2. The minimum Gasteiger partial charge on any atom is -0.390 e. The minimum atomic E-state index is -4.49. The zero-order valence-electron chi connectivity index (χ0n) is 18.5. The maximum atomic E-state index is 13.4. The van der Waals surface area contributed by atoms with Gasteiger partial charge in [0, 0.05) is 29.4 Å².